The molecular weight excluding hydrogens is 532 g/mol. The van der Waals surface area contributed by atoms with Crippen LogP contribution in [-0.2, 0) is 9.59 Å². The van der Waals surface area contributed by atoms with Crippen LogP contribution in [-0.4, -0.2) is 71.0 Å². The van der Waals surface area contributed by atoms with Gasteiger partial charge in [0.05, 0.1) is 16.2 Å². The van der Waals surface area contributed by atoms with Gasteiger partial charge in [-0.3, -0.25) is 9.59 Å². The summed E-state index contributed by atoms with van der Waals surface area (Å²) in [5, 5.41) is 22.2. The average molecular weight is 556 g/mol. The Labute approximate surface area is 191 Å². The quantitative estimate of drug-likeness (QED) is 0.426. The maximum absolute atomic E-state index is 13.2. The zero-order valence-corrected chi connectivity index (χ0v) is 18.9. The number of nitrogens with one attached hydrogen (secondary N) is 1. The number of aliphatic hydroxyl groups excluding tert-OH is 2. The van der Waals surface area contributed by atoms with Crippen LogP contribution in [0.2, 0.25) is 0 Å². The summed E-state index contributed by atoms with van der Waals surface area (Å²) in [6, 6.07) is 5.52. The summed E-state index contributed by atoms with van der Waals surface area (Å²) < 4.78 is 46.0. The van der Waals surface area contributed by atoms with Crippen LogP contribution in [0, 0.1) is 3.57 Å². The Balaban J connectivity index is 2.41. The van der Waals surface area contributed by atoms with Gasteiger partial charge in [-0.1, -0.05) is 19.1 Å². The second-order valence-electron chi connectivity index (χ2n) is 6.94. The average Bonchev–Trinajstić information content (AvgIpc) is 2.72. The van der Waals surface area contributed by atoms with Crippen LogP contribution in [0.1, 0.15) is 19.8 Å². The minimum atomic E-state index is -4.68. The fourth-order valence-corrected chi connectivity index (χ4v) is 3.77. The van der Waals surface area contributed by atoms with Crippen LogP contribution in [0.25, 0.3) is 0 Å². The number of para-hydroxylation sites is 1. The van der Waals surface area contributed by atoms with E-state index in [1.807, 2.05) is 22.6 Å². The number of ether oxygens (including phenoxy) is 1. The highest BCUT2D eigenvalue weighted by Crippen LogP contribution is 2.31. The van der Waals surface area contributed by atoms with E-state index < -0.39 is 42.8 Å². The molecule has 7 nitrogen and oxygen atoms in total. The number of alkyl halides is 3. The van der Waals surface area contributed by atoms with E-state index in [0.717, 1.165) is 0 Å². The molecule has 0 saturated carbocycles. The van der Waals surface area contributed by atoms with Crippen molar-refractivity contribution in [2.45, 2.75) is 44.2 Å². The Morgan fingerprint density at radius 2 is 2.00 bits per heavy atom. The molecule has 2 rings (SSSR count). The first-order chi connectivity index (χ1) is 14.6. The lowest BCUT2D eigenvalue weighted by molar-refractivity contribution is -0.172. The Morgan fingerprint density at radius 1 is 1.32 bits per heavy atom. The highest BCUT2D eigenvalue weighted by atomic mass is 127. The van der Waals surface area contributed by atoms with E-state index in [0.29, 0.717) is 14.2 Å². The monoisotopic (exact) mass is 556 g/mol. The fraction of sp³-hybridized carbons (Fsp3) is 0.500. The largest absolute Gasteiger partial charge is 0.482 e. The van der Waals surface area contributed by atoms with E-state index in [-0.39, 0.29) is 31.6 Å². The van der Waals surface area contributed by atoms with Crippen LogP contribution < -0.4 is 10.1 Å². The number of benzene rings is 1. The SMILES string of the molecule is CCC(=O)N(CC(F)(F)F)[C@@H]1CC(C(=O)NCCO)=C[C@H](Oc2ccccc2I)[C@H]1O. The molecule has 2 amide bonds. The van der Waals surface area contributed by atoms with Gasteiger partial charge in [0.15, 0.2) is 0 Å². The van der Waals surface area contributed by atoms with E-state index in [1.165, 1.54) is 13.0 Å². The van der Waals surface area contributed by atoms with E-state index in [2.05, 4.69) is 5.32 Å². The fourth-order valence-electron chi connectivity index (χ4n) is 3.25. The van der Waals surface area contributed by atoms with Crippen molar-refractivity contribution in [3.63, 3.8) is 0 Å². The molecule has 0 radical (unpaired) electrons. The molecule has 1 aliphatic carbocycles. The second kappa shape index (κ2) is 11.1. The molecule has 0 aliphatic heterocycles. The lowest BCUT2D eigenvalue weighted by atomic mass is 9.88. The van der Waals surface area contributed by atoms with Crippen molar-refractivity contribution in [2.75, 3.05) is 19.7 Å². The maximum atomic E-state index is 13.2. The number of hydrogen-bond acceptors (Lipinski definition) is 5. The lowest BCUT2D eigenvalue weighted by Gasteiger charge is -2.40. The van der Waals surface area contributed by atoms with Gasteiger partial charge in [0, 0.05) is 25.0 Å². The first-order valence-electron chi connectivity index (χ1n) is 9.62. The second-order valence-corrected chi connectivity index (χ2v) is 8.10. The molecule has 0 saturated heterocycles. The van der Waals surface area contributed by atoms with Gasteiger partial charge < -0.3 is 25.2 Å². The highest BCUT2D eigenvalue weighted by Gasteiger charge is 2.44. The Morgan fingerprint density at radius 3 is 2.58 bits per heavy atom. The van der Waals surface area contributed by atoms with Crippen molar-refractivity contribution >= 4 is 34.4 Å². The summed E-state index contributed by atoms with van der Waals surface area (Å²) in [5.74, 6) is -1.03. The maximum Gasteiger partial charge on any atom is 0.406 e. The first-order valence-corrected chi connectivity index (χ1v) is 10.7. The number of aliphatic hydroxyl groups is 2. The molecule has 1 aromatic rings. The zero-order chi connectivity index (χ0) is 23.2. The molecule has 3 atom stereocenters. The van der Waals surface area contributed by atoms with E-state index >= 15 is 0 Å². The molecule has 0 heterocycles. The molecular formula is C20H24F3IN2O5. The highest BCUT2D eigenvalue weighted by molar-refractivity contribution is 14.1. The van der Waals surface area contributed by atoms with Gasteiger partial charge >= 0.3 is 6.18 Å². The Bertz CT molecular complexity index is 818. The Kier molecular flexibility index (Phi) is 9.13. The minimum Gasteiger partial charge on any atom is -0.482 e. The standard InChI is InChI=1S/C20H24F3IN2O5/c1-2-17(28)26(11-20(21,22)23)14-9-12(19(30)25-7-8-27)10-16(18(14)29)31-15-6-4-3-5-13(15)24/h3-6,10,14,16,18,27,29H,2,7-9,11H2,1H3,(H,25,30)/t14-,16+,18+/m1/s1. The van der Waals surface area contributed by atoms with Crippen molar-refractivity contribution in [2.24, 2.45) is 0 Å². The van der Waals surface area contributed by atoms with Gasteiger partial charge in [0.25, 0.3) is 0 Å². The number of carbonyl (C=O) groups is 2. The van der Waals surface area contributed by atoms with Crippen LogP contribution in [0.3, 0.4) is 0 Å². The first kappa shape index (κ1) is 25.4. The Hall–Kier alpha value is -1.86. The molecule has 172 valence electrons. The number of carbonyl (C=O) groups excluding carboxylic acids is 2. The molecule has 1 aliphatic rings. The van der Waals surface area contributed by atoms with Gasteiger partial charge in [-0.15, -0.1) is 0 Å². The molecule has 3 N–H and O–H groups in total. The minimum absolute atomic E-state index is 0.0499. The summed E-state index contributed by atoms with van der Waals surface area (Å²) in [5.41, 5.74) is 0.0655. The van der Waals surface area contributed by atoms with Crippen molar-refractivity contribution in [1.82, 2.24) is 10.2 Å². The summed E-state index contributed by atoms with van der Waals surface area (Å²) in [6.45, 7) is -0.498. The molecule has 11 heteroatoms. The number of rotatable bonds is 8. The van der Waals surface area contributed by atoms with Crippen LogP contribution in [0.5, 0.6) is 5.75 Å². The smallest absolute Gasteiger partial charge is 0.406 e. The number of halogens is 4. The van der Waals surface area contributed by atoms with E-state index in [9.17, 15) is 27.9 Å². The predicted octanol–water partition coefficient (Wildman–Crippen LogP) is 2.01. The van der Waals surface area contributed by atoms with Crippen LogP contribution in [0.15, 0.2) is 35.9 Å². The predicted molar refractivity (Wildman–Crippen MR) is 114 cm³/mol. The van der Waals surface area contributed by atoms with Crippen molar-refractivity contribution in [1.29, 1.82) is 0 Å². The number of hydrogen-bond donors (Lipinski definition) is 3. The van der Waals surface area contributed by atoms with Crippen LogP contribution >= 0.6 is 22.6 Å². The third kappa shape index (κ3) is 7.07. The number of nitrogens with zero attached hydrogens (tertiary/aromatic N) is 1. The zero-order valence-electron chi connectivity index (χ0n) is 16.7. The van der Waals surface area contributed by atoms with E-state index in [1.54, 1.807) is 24.3 Å². The molecule has 0 spiro atoms. The molecule has 0 aromatic heterocycles. The third-order valence-corrected chi connectivity index (χ3v) is 5.58. The molecule has 31 heavy (non-hydrogen) atoms. The van der Waals surface area contributed by atoms with Gasteiger partial charge in [0.1, 0.15) is 24.5 Å². The van der Waals surface area contributed by atoms with Gasteiger partial charge in [-0.25, -0.2) is 0 Å². The molecule has 0 fully saturated rings. The summed E-state index contributed by atoms with van der Waals surface area (Å²) >= 11 is 2.01. The summed E-state index contributed by atoms with van der Waals surface area (Å²) in [4.78, 5) is 25.3. The van der Waals surface area contributed by atoms with E-state index in [4.69, 9.17) is 9.84 Å². The molecule has 1 aromatic carbocycles. The van der Waals surface area contributed by atoms with Crippen molar-refractivity contribution in [3.8, 4) is 5.75 Å². The molecule has 0 unspecified atom stereocenters. The normalized spacial score (nSPS) is 21.3. The van der Waals surface area contributed by atoms with Crippen molar-refractivity contribution < 1.29 is 37.7 Å². The third-order valence-electron chi connectivity index (χ3n) is 4.69. The lowest BCUT2D eigenvalue weighted by Crippen LogP contribution is -2.57. The summed E-state index contributed by atoms with van der Waals surface area (Å²) in [7, 11) is 0. The molecule has 0 bridgehead atoms. The topological polar surface area (TPSA) is 99.1 Å². The number of amides is 2. The van der Waals surface area contributed by atoms with Gasteiger partial charge in [-0.05, 0) is 40.8 Å². The summed E-state index contributed by atoms with van der Waals surface area (Å²) in [6.07, 6.45) is -6.48. The van der Waals surface area contributed by atoms with Crippen molar-refractivity contribution in [3.05, 3.63) is 39.5 Å². The van der Waals surface area contributed by atoms with Gasteiger partial charge in [-0.2, -0.15) is 13.2 Å². The van der Waals surface area contributed by atoms with Crippen LogP contribution in [0.4, 0.5) is 13.2 Å². The van der Waals surface area contributed by atoms with Gasteiger partial charge in [0.2, 0.25) is 11.8 Å².